The zero-order chi connectivity index (χ0) is 21.8. The molecule has 0 aromatic heterocycles. The summed E-state index contributed by atoms with van der Waals surface area (Å²) in [6.45, 7) is 6.68. The molecule has 3 aromatic rings. The molecule has 1 aliphatic heterocycles. The van der Waals surface area contributed by atoms with Crippen molar-refractivity contribution >= 4 is 5.71 Å². The molecule has 4 rings (SSSR count). The Balaban J connectivity index is 1.73. The molecule has 160 valence electrons. The van der Waals surface area contributed by atoms with Crippen LogP contribution in [0.15, 0.2) is 71.7 Å². The Labute approximate surface area is 184 Å². The van der Waals surface area contributed by atoms with Crippen LogP contribution in [0.5, 0.6) is 11.5 Å². The first-order valence-corrected chi connectivity index (χ1v) is 11.0. The van der Waals surface area contributed by atoms with Crippen LogP contribution in [0.1, 0.15) is 60.3 Å². The molecule has 3 aromatic carbocycles. The number of nitrogens with one attached hydrogen (secondary N) is 1. The summed E-state index contributed by atoms with van der Waals surface area (Å²) in [5.41, 5.74) is 6.64. The fraction of sp³-hybridized carbons (Fsp3) is 0.296. The standard InChI is InChI=1S/C27H30N2O2/c1-4-19-11-15-20(16-12-19)23-17-24(22-7-6-8-25(26(22)30)31-5-2)29-27(28-23)21-13-9-18(3)10-14-21/h6-16,24,27,29-30H,4-5,17H2,1-3H3. The molecular formula is C27H30N2O2. The summed E-state index contributed by atoms with van der Waals surface area (Å²) in [6, 6.07) is 22.7. The molecule has 0 spiro atoms. The van der Waals surface area contributed by atoms with Gasteiger partial charge in [0.1, 0.15) is 6.17 Å². The molecule has 0 amide bonds. The van der Waals surface area contributed by atoms with Gasteiger partial charge in [-0.25, -0.2) is 0 Å². The van der Waals surface area contributed by atoms with E-state index in [1.807, 2.05) is 19.1 Å². The maximum Gasteiger partial charge on any atom is 0.162 e. The second kappa shape index (κ2) is 9.36. The van der Waals surface area contributed by atoms with Crippen molar-refractivity contribution in [1.29, 1.82) is 0 Å². The Hall–Kier alpha value is -3.11. The number of benzene rings is 3. The second-order valence-corrected chi connectivity index (χ2v) is 7.99. The first-order valence-electron chi connectivity index (χ1n) is 11.0. The normalized spacial score (nSPS) is 18.5. The fourth-order valence-electron chi connectivity index (χ4n) is 4.03. The van der Waals surface area contributed by atoms with E-state index in [0.29, 0.717) is 18.8 Å². The maximum atomic E-state index is 10.9. The number of ether oxygens (including phenoxy) is 1. The summed E-state index contributed by atoms with van der Waals surface area (Å²) in [4.78, 5) is 5.06. The van der Waals surface area contributed by atoms with E-state index >= 15 is 0 Å². The summed E-state index contributed by atoms with van der Waals surface area (Å²) in [5.74, 6) is 0.720. The summed E-state index contributed by atoms with van der Waals surface area (Å²) < 4.78 is 5.62. The Morgan fingerprint density at radius 3 is 2.42 bits per heavy atom. The van der Waals surface area contributed by atoms with Gasteiger partial charge in [0.15, 0.2) is 11.5 Å². The van der Waals surface area contributed by atoms with Gasteiger partial charge in [-0.1, -0.05) is 73.2 Å². The Morgan fingerprint density at radius 2 is 1.74 bits per heavy atom. The lowest BCUT2D eigenvalue weighted by atomic mass is 9.92. The van der Waals surface area contributed by atoms with E-state index in [-0.39, 0.29) is 18.0 Å². The van der Waals surface area contributed by atoms with E-state index in [2.05, 4.69) is 67.7 Å². The third kappa shape index (κ3) is 4.64. The van der Waals surface area contributed by atoms with Crippen molar-refractivity contribution in [1.82, 2.24) is 5.32 Å². The molecule has 2 atom stereocenters. The van der Waals surface area contributed by atoms with Gasteiger partial charge in [-0.2, -0.15) is 0 Å². The van der Waals surface area contributed by atoms with E-state index < -0.39 is 0 Å². The van der Waals surface area contributed by atoms with Crippen LogP contribution in [0, 0.1) is 6.92 Å². The van der Waals surface area contributed by atoms with Gasteiger partial charge in [0.05, 0.1) is 6.61 Å². The highest BCUT2D eigenvalue weighted by molar-refractivity contribution is 6.01. The van der Waals surface area contributed by atoms with Crippen LogP contribution in [-0.4, -0.2) is 17.4 Å². The Kier molecular flexibility index (Phi) is 6.38. The van der Waals surface area contributed by atoms with Crippen molar-refractivity contribution in [3.8, 4) is 11.5 Å². The molecule has 0 radical (unpaired) electrons. The largest absolute Gasteiger partial charge is 0.504 e. The molecule has 0 fully saturated rings. The first-order chi connectivity index (χ1) is 15.1. The molecule has 4 heteroatoms. The highest BCUT2D eigenvalue weighted by atomic mass is 16.5. The number of rotatable bonds is 6. The van der Waals surface area contributed by atoms with Gasteiger partial charge in [-0.15, -0.1) is 0 Å². The van der Waals surface area contributed by atoms with Crippen LogP contribution in [0.2, 0.25) is 0 Å². The molecule has 4 nitrogen and oxygen atoms in total. The van der Waals surface area contributed by atoms with E-state index in [1.54, 1.807) is 6.07 Å². The van der Waals surface area contributed by atoms with E-state index in [1.165, 1.54) is 11.1 Å². The molecule has 2 unspecified atom stereocenters. The lowest BCUT2D eigenvalue weighted by Gasteiger charge is -2.31. The molecule has 31 heavy (non-hydrogen) atoms. The lowest BCUT2D eigenvalue weighted by molar-refractivity contribution is 0.313. The van der Waals surface area contributed by atoms with Gasteiger partial charge >= 0.3 is 0 Å². The second-order valence-electron chi connectivity index (χ2n) is 7.99. The molecule has 0 saturated heterocycles. The predicted molar refractivity (Wildman–Crippen MR) is 126 cm³/mol. The number of hydrogen-bond donors (Lipinski definition) is 2. The summed E-state index contributed by atoms with van der Waals surface area (Å²) in [6.07, 6.45) is 1.52. The Morgan fingerprint density at radius 1 is 1.00 bits per heavy atom. The van der Waals surface area contributed by atoms with Crippen LogP contribution in [0.25, 0.3) is 0 Å². The van der Waals surface area contributed by atoms with E-state index in [0.717, 1.165) is 28.8 Å². The van der Waals surface area contributed by atoms with Gasteiger partial charge in [-0.05, 0) is 43.0 Å². The SMILES string of the molecule is CCOc1cccc(C2CC(c3ccc(CC)cc3)=NC(c3ccc(C)cc3)N2)c1O. The van der Waals surface area contributed by atoms with E-state index in [9.17, 15) is 5.11 Å². The lowest BCUT2D eigenvalue weighted by Crippen LogP contribution is -2.33. The molecule has 0 saturated carbocycles. The Bertz CT molecular complexity index is 1060. The minimum absolute atomic E-state index is 0.0786. The predicted octanol–water partition coefficient (Wildman–Crippen LogP) is 5.88. The zero-order valence-corrected chi connectivity index (χ0v) is 18.4. The van der Waals surface area contributed by atoms with Crippen LogP contribution >= 0.6 is 0 Å². The number of aryl methyl sites for hydroxylation is 2. The average molecular weight is 415 g/mol. The number of hydrogen-bond acceptors (Lipinski definition) is 4. The van der Waals surface area contributed by atoms with Gasteiger partial charge in [-0.3, -0.25) is 10.3 Å². The van der Waals surface area contributed by atoms with Gasteiger partial charge < -0.3 is 9.84 Å². The van der Waals surface area contributed by atoms with Crippen LogP contribution < -0.4 is 10.1 Å². The highest BCUT2D eigenvalue weighted by Gasteiger charge is 2.28. The van der Waals surface area contributed by atoms with Crippen molar-refractivity contribution < 1.29 is 9.84 Å². The third-order valence-electron chi connectivity index (χ3n) is 5.84. The van der Waals surface area contributed by atoms with Gasteiger partial charge in [0, 0.05) is 23.7 Å². The van der Waals surface area contributed by atoms with Crippen LogP contribution in [0.3, 0.4) is 0 Å². The molecule has 0 bridgehead atoms. The molecule has 1 heterocycles. The number of phenolic OH excluding ortho intramolecular Hbond substituents is 1. The number of aliphatic imine (C=N–C) groups is 1. The minimum Gasteiger partial charge on any atom is -0.504 e. The van der Waals surface area contributed by atoms with Gasteiger partial charge in [0.2, 0.25) is 0 Å². The number of phenols is 1. The molecular weight excluding hydrogens is 384 g/mol. The smallest absolute Gasteiger partial charge is 0.162 e. The summed E-state index contributed by atoms with van der Waals surface area (Å²) >= 11 is 0. The number of aromatic hydroxyl groups is 1. The van der Waals surface area contributed by atoms with Crippen LogP contribution in [-0.2, 0) is 6.42 Å². The quantitative estimate of drug-likeness (QED) is 0.529. The summed E-state index contributed by atoms with van der Waals surface area (Å²) in [5, 5.41) is 14.5. The van der Waals surface area contributed by atoms with Crippen molar-refractivity contribution in [3.05, 3.63) is 94.5 Å². The molecule has 0 aliphatic carbocycles. The monoisotopic (exact) mass is 414 g/mol. The minimum atomic E-state index is -0.185. The van der Waals surface area contributed by atoms with Crippen molar-refractivity contribution in [2.75, 3.05) is 6.61 Å². The molecule has 1 aliphatic rings. The maximum absolute atomic E-state index is 10.9. The van der Waals surface area contributed by atoms with Crippen molar-refractivity contribution in [2.45, 2.75) is 45.8 Å². The molecule has 2 N–H and O–H groups in total. The average Bonchev–Trinajstić information content (AvgIpc) is 2.81. The van der Waals surface area contributed by atoms with Gasteiger partial charge in [0.25, 0.3) is 0 Å². The highest BCUT2D eigenvalue weighted by Crippen LogP contribution is 2.38. The fourth-order valence-corrected chi connectivity index (χ4v) is 4.03. The van der Waals surface area contributed by atoms with Crippen molar-refractivity contribution in [3.63, 3.8) is 0 Å². The summed E-state index contributed by atoms with van der Waals surface area (Å²) in [7, 11) is 0. The number of para-hydroxylation sites is 1. The zero-order valence-electron chi connectivity index (χ0n) is 18.4. The third-order valence-corrected chi connectivity index (χ3v) is 5.84. The first kappa shape index (κ1) is 21.1. The number of nitrogens with zero attached hydrogens (tertiary/aromatic N) is 1. The van der Waals surface area contributed by atoms with Crippen molar-refractivity contribution in [2.24, 2.45) is 4.99 Å². The van der Waals surface area contributed by atoms with E-state index in [4.69, 9.17) is 9.73 Å². The topological polar surface area (TPSA) is 53.8 Å². The van der Waals surface area contributed by atoms with Crippen LogP contribution in [0.4, 0.5) is 0 Å².